The molecule has 0 bridgehead atoms. The number of nitrogens with zero attached hydrogens (tertiary/aromatic N) is 2. The van der Waals surface area contributed by atoms with Crippen LogP contribution in [-0.4, -0.2) is 34.6 Å². The van der Waals surface area contributed by atoms with Crippen molar-refractivity contribution >= 4 is 11.6 Å². The van der Waals surface area contributed by atoms with Crippen LogP contribution in [-0.2, 0) is 0 Å². The highest BCUT2D eigenvalue weighted by Crippen LogP contribution is 2.35. The molecule has 1 N–H and O–H groups in total. The van der Waals surface area contributed by atoms with E-state index in [9.17, 15) is 9.59 Å². The van der Waals surface area contributed by atoms with Gasteiger partial charge in [0.05, 0.1) is 5.56 Å². The summed E-state index contributed by atoms with van der Waals surface area (Å²) >= 11 is 6.17. The van der Waals surface area contributed by atoms with Crippen LogP contribution in [0.2, 0.25) is 5.15 Å². The van der Waals surface area contributed by atoms with E-state index in [1.54, 1.807) is 0 Å². The Balaban J connectivity index is 2.02. The van der Waals surface area contributed by atoms with E-state index in [0.717, 1.165) is 51.6 Å². The Hall–Kier alpha value is -1.07. The Morgan fingerprint density at radius 1 is 1.10 bits per heavy atom. The molecule has 2 fully saturated rings. The van der Waals surface area contributed by atoms with Gasteiger partial charge in [-0.3, -0.25) is 14.3 Å². The number of hydrogen-bond acceptors (Lipinski definition) is 3. The number of aromatic nitrogens is 2. The monoisotopic (exact) mass is 311 g/mol. The molecule has 2 heterocycles. The summed E-state index contributed by atoms with van der Waals surface area (Å²) in [5, 5.41) is 0.251. The van der Waals surface area contributed by atoms with Crippen LogP contribution in [0.4, 0.5) is 0 Å². The summed E-state index contributed by atoms with van der Waals surface area (Å²) in [5.74, 6) is 0.208. The van der Waals surface area contributed by atoms with Crippen LogP contribution < -0.4 is 11.2 Å². The number of halogens is 1. The second kappa shape index (κ2) is 5.97. The van der Waals surface area contributed by atoms with Crippen LogP contribution in [0, 0.1) is 0 Å². The SMILES string of the molecule is CN1CCC(n2c(=O)[nH]c(Cl)c(C3CCCC3)c2=O)CC1. The van der Waals surface area contributed by atoms with Gasteiger partial charge in [-0.25, -0.2) is 4.79 Å². The molecule has 1 aromatic heterocycles. The van der Waals surface area contributed by atoms with E-state index in [0.29, 0.717) is 5.56 Å². The molecule has 1 saturated carbocycles. The van der Waals surface area contributed by atoms with Gasteiger partial charge >= 0.3 is 5.69 Å². The zero-order valence-corrected chi connectivity index (χ0v) is 13.2. The summed E-state index contributed by atoms with van der Waals surface area (Å²) in [6.07, 6.45) is 5.93. The van der Waals surface area contributed by atoms with Crippen molar-refractivity contribution < 1.29 is 0 Å². The molecule has 0 radical (unpaired) electrons. The van der Waals surface area contributed by atoms with Crippen molar-refractivity contribution in [3.05, 3.63) is 31.6 Å². The third-order valence-electron chi connectivity index (χ3n) is 4.94. The van der Waals surface area contributed by atoms with Crippen molar-refractivity contribution in [2.45, 2.75) is 50.5 Å². The topological polar surface area (TPSA) is 58.1 Å². The highest BCUT2D eigenvalue weighted by molar-refractivity contribution is 6.30. The fourth-order valence-electron chi connectivity index (χ4n) is 3.69. The van der Waals surface area contributed by atoms with Gasteiger partial charge in [0.25, 0.3) is 5.56 Å². The average molecular weight is 312 g/mol. The summed E-state index contributed by atoms with van der Waals surface area (Å²) in [6.45, 7) is 1.83. The Labute approximate surface area is 128 Å². The number of aromatic amines is 1. The molecule has 0 amide bonds. The Morgan fingerprint density at radius 3 is 2.33 bits per heavy atom. The quantitative estimate of drug-likeness (QED) is 0.851. The molecule has 2 aliphatic rings. The fourth-order valence-corrected chi connectivity index (χ4v) is 4.01. The van der Waals surface area contributed by atoms with Gasteiger partial charge in [-0.05, 0) is 51.7 Å². The third kappa shape index (κ3) is 2.81. The molecule has 0 spiro atoms. The molecule has 1 aliphatic heterocycles. The van der Waals surface area contributed by atoms with Gasteiger partial charge in [0.1, 0.15) is 5.15 Å². The number of rotatable bonds is 2. The lowest BCUT2D eigenvalue weighted by atomic mass is 9.99. The summed E-state index contributed by atoms with van der Waals surface area (Å²) in [5.41, 5.74) is 0.110. The van der Waals surface area contributed by atoms with Crippen molar-refractivity contribution in [3.63, 3.8) is 0 Å². The summed E-state index contributed by atoms with van der Waals surface area (Å²) in [6, 6.07) is -0.00475. The zero-order valence-electron chi connectivity index (χ0n) is 12.4. The minimum Gasteiger partial charge on any atom is -0.306 e. The maximum Gasteiger partial charge on any atom is 0.329 e. The molecule has 21 heavy (non-hydrogen) atoms. The molecule has 5 nitrogen and oxygen atoms in total. The third-order valence-corrected chi connectivity index (χ3v) is 5.24. The van der Waals surface area contributed by atoms with Crippen molar-refractivity contribution in [2.75, 3.05) is 20.1 Å². The van der Waals surface area contributed by atoms with Crippen molar-refractivity contribution in [1.29, 1.82) is 0 Å². The van der Waals surface area contributed by atoms with Gasteiger partial charge in [0, 0.05) is 6.04 Å². The van der Waals surface area contributed by atoms with Crippen LogP contribution in [0.15, 0.2) is 9.59 Å². The minimum absolute atomic E-state index is 0.00475. The first-order valence-corrected chi connectivity index (χ1v) is 8.18. The number of likely N-dealkylation sites (tertiary alicyclic amines) is 1. The second-order valence-corrected chi connectivity index (χ2v) is 6.73. The molecule has 1 saturated heterocycles. The first-order valence-electron chi connectivity index (χ1n) is 7.80. The average Bonchev–Trinajstić information content (AvgIpc) is 2.94. The van der Waals surface area contributed by atoms with E-state index in [1.165, 1.54) is 4.57 Å². The molecule has 116 valence electrons. The standard InChI is InChI=1S/C15H22ClN3O2/c1-18-8-6-11(7-9-18)19-14(20)12(10-4-2-3-5-10)13(16)17-15(19)21/h10-11H,2-9H2,1H3,(H,17,21). The van der Waals surface area contributed by atoms with Crippen LogP contribution in [0.25, 0.3) is 0 Å². The van der Waals surface area contributed by atoms with Gasteiger partial charge in [-0.1, -0.05) is 24.4 Å². The predicted molar refractivity (Wildman–Crippen MR) is 83.3 cm³/mol. The number of H-pyrrole nitrogens is 1. The molecule has 0 unspecified atom stereocenters. The Bertz CT molecular complexity index is 623. The molecular weight excluding hydrogens is 290 g/mol. The summed E-state index contributed by atoms with van der Waals surface area (Å²) in [4.78, 5) is 30.0. The van der Waals surface area contributed by atoms with E-state index in [1.807, 2.05) is 0 Å². The lowest BCUT2D eigenvalue weighted by molar-refractivity contribution is 0.214. The van der Waals surface area contributed by atoms with E-state index in [-0.39, 0.29) is 28.4 Å². The molecule has 1 aliphatic carbocycles. The van der Waals surface area contributed by atoms with Crippen molar-refractivity contribution in [3.8, 4) is 0 Å². The summed E-state index contributed by atoms with van der Waals surface area (Å²) < 4.78 is 1.42. The lowest BCUT2D eigenvalue weighted by Gasteiger charge is -2.30. The molecule has 0 atom stereocenters. The first kappa shape index (κ1) is 14.9. The maximum absolute atomic E-state index is 12.8. The predicted octanol–water partition coefficient (Wildman–Crippen LogP) is 2.11. The minimum atomic E-state index is -0.360. The molecule has 1 aromatic rings. The number of nitrogens with one attached hydrogen (secondary N) is 1. The smallest absolute Gasteiger partial charge is 0.306 e. The van der Waals surface area contributed by atoms with Crippen LogP contribution in [0.5, 0.6) is 0 Å². The zero-order chi connectivity index (χ0) is 15.0. The largest absolute Gasteiger partial charge is 0.329 e. The fraction of sp³-hybridized carbons (Fsp3) is 0.733. The van der Waals surface area contributed by atoms with Gasteiger partial charge < -0.3 is 4.90 Å². The first-order chi connectivity index (χ1) is 10.1. The molecule has 6 heteroatoms. The number of hydrogen-bond donors (Lipinski definition) is 1. The summed E-state index contributed by atoms with van der Waals surface area (Å²) in [7, 11) is 2.06. The van der Waals surface area contributed by atoms with Crippen molar-refractivity contribution in [1.82, 2.24) is 14.5 Å². The van der Waals surface area contributed by atoms with E-state index < -0.39 is 0 Å². The van der Waals surface area contributed by atoms with Gasteiger partial charge in [0.15, 0.2) is 0 Å². The van der Waals surface area contributed by atoms with Gasteiger partial charge in [-0.2, -0.15) is 0 Å². The van der Waals surface area contributed by atoms with Crippen molar-refractivity contribution in [2.24, 2.45) is 0 Å². The molecule has 0 aromatic carbocycles. The highest BCUT2D eigenvalue weighted by Gasteiger charge is 2.28. The van der Waals surface area contributed by atoms with Crippen LogP contribution >= 0.6 is 11.6 Å². The highest BCUT2D eigenvalue weighted by atomic mass is 35.5. The van der Waals surface area contributed by atoms with E-state index in [4.69, 9.17) is 11.6 Å². The van der Waals surface area contributed by atoms with Gasteiger partial charge in [-0.15, -0.1) is 0 Å². The molecular formula is C15H22ClN3O2. The van der Waals surface area contributed by atoms with Crippen LogP contribution in [0.3, 0.4) is 0 Å². The van der Waals surface area contributed by atoms with Gasteiger partial charge in [0.2, 0.25) is 0 Å². The van der Waals surface area contributed by atoms with Crippen LogP contribution in [0.1, 0.15) is 56.0 Å². The lowest BCUT2D eigenvalue weighted by Crippen LogP contribution is -2.44. The number of piperidine rings is 1. The Kier molecular flexibility index (Phi) is 4.22. The normalized spacial score (nSPS) is 22.0. The van der Waals surface area contributed by atoms with E-state index >= 15 is 0 Å². The molecule has 3 rings (SSSR count). The maximum atomic E-state index is 12.8. The van der Waals surface area contributed by atoms with E-state index in [2.05, 4.69) is 16.9 Å². The second-order valence-electron chi connectivity index (χ2n) is 6.35. The Morgan fingerprint density at radius 2 is 1.71 bits per heavy atom.